The van der Waals surface area contributed by atoms with Crippen molar-refractivity contribution in [1.82, 2.24) is 15.1 Å². The maximum atomic E-state index is 12.1. The number of piperazine rings is 1. The van der Waals surface area contributed by atoms with Crippen LogP contribution in [0.4, 0.5) is 5.69 Å². The van der Waals surface area contributed by atoms with Gasteiger partial charge in [0, 0.05) is 45.3 Å². The summed E-state index contributed by atoms with van der Waals surface area (Å²) in [7, 11) is 0. The summed E-state index contributed by atoms with van der Waals surface area (Å²) in [5, 5.41) is 6.18. The van der Waals surface area contributed by atoms with Crippen molar-refractivity contribution in [3.8, 4) is 0 Å². The van der Waals surface area contributed by atoms with E-state index in [0.29, 0.717) is 0 Å². The van der Waals surface area contributed by atoms with Crippen LogP contribution in [0.15, 0.2) is 24.3 Å². The van der Waals surface area contributed by atoms with Gasteiger partial charge in [0.25, 0.3) is 0 Å². The first kappa shape index (κ1) is 16.9. The van der Waals surface area contributed by atoms with Crippen molar-refractivity contribution < 1.29 is 9.59 Å². The second-order valence-electron chi connectivity index (χ2n) is 6.62. The predicted octanol–water partition coefficient (Wildman–Crippen LogP) is 1.04. The lowest BCUT2D eigenvalue weighted by Gasteiger charge is -2.34. The minimum atomic E-state index is -0.0535. The molecule has 6 nitrogen and oxygen atoms in total. The molecule has 2 heterocycles. The molecule has 3 rings (SSSR count). The number of hydrogen-bond donors (Lipinski definition) is 2. The molecule has 0 radical (unpaired) electrons. The fourth-order valence-electron chi connectivity index (χ4n) is 3.31. The van der Waals surface area contributed by atoms with Crippen LogP contribution < -0.4 is 10.6 Å². The van der Waals surface area contributed by atoms with Gasteiger partial charge in [-0.15, -0.1) is 0 Å². The Bertz CT molecular complexity index is 573. The van der Waals surface area contributed by atoms with Gasteiger partial charge in [-0.1, -0.05) is 12.1 Å². The Kier molecular flexibility index (Phi) is 5.48. The van der Waals surface area contributed by atoms with Gasteiger partial charge in [-0.3, -0.25) is 14.5 Å². The van der Waals surface area contributed by atoms with Crippen molar-refractivity contribution in [1.29, 1.82) is 0 Å². The summed E-state index contributed by atoms with van der Waals surface area (Å²) in [6.07, 6.45) is 1.98. The third-order valence-electron chi connectivity index (χ3n) is 4.82. The van der Waals surface area contributed by atoms with Crippen LogP contribution in [-0.4, -0.2) is 60.4 Å². The van der Waals surface area contributed by atoms with E-state index in [1.165, 1.54) is 5.56 Å². The first-order chi connectivity index (χ1) is 11.6. The maximum Gasteiger partial charge on any atom is 0.241 e. The molecule has 0 bridgehead atoms. The fourth-order valence-corrected chi connectivity index (χ4v) is 3.31. The summed E-state index contributed by atoms with van der Waals surface area (Å²) < 4.78 is 0. The van der Waals surface area contributed by atoms with Gasteiger partial charge in [-0.25, -0.2) is 0 Å². The standard InChI is InChI=1S/C18H26N4O2/c1-14(23)22-11-9-21(10-12-22)13-15-4-6-16(7-5-15)20-18(24)17-3-2-8-19-17/h4-7,17,19H,2-3,8-13H2,1H3,(H,20,24). The van der Waals surface area contributed by atoms with Gasteiger partial charge < -0.3 is 15.5 Å². The number of amides is 2. The summed E-state index contributed by atoms with van der Waals surface area (Å²) in [5.74, 6) is 0.215. The summed E-state index contributed by atoms with van der Waals surface area (Å²) >= 11 is 0. The van der Waals surface area contributed by atoms with E-state index in [-0.39, 0.29) is 17.9 Å². The molecule has 0 saturated carbocycles. The number of anilines is 1. The summed E-state index contributed by atoms with van der Waals surface area (Å²) in [6, 6.07) is 8.01. The van der Waals surface area contributed by atoms with Crippen LogP contribution in [0, 0.1) is 0 Å². The number of carbonyl (C=O) groups is 2. The molecule has 0 spiro atoms. The lowest BCUT2D eigenvalue weighted by atomic mass is 10.1. The SMILES string of the molecule is CC(=O)N1CCN(Cc2ccc(NC(=O)C3CCCN3)cc2)CC1. The summed E-state index contributed by atoms with van der Waals surface area (Å²) in [5.41, 5.74) is 2.07. The topological polar surface area (TPSA) is 64.7 Å². The smallest absolute Gasteiger partial charge is 0.241 e. The van der Waals surface area contributed by atoms with Gasteiger partial charge in [0.15, 0.2) is 0 Å². The highest BCUT2D eigenvalue weighted by Gasteiger charge is 2.22. The predicted molar refractivity (Wildman–Crippen MR) is 93.6 cm³/mol. The molecule has 130 valence electrons. The Morgan fingerprint density at radius 1 is 1.17 bits per heavy atom. The van der Waals surface area contributed by atoms with Gasteiger partial charge in [0.2, 0.25) is 11.8 Å². The van der Waals surface area contributed by atoms with Gasteiger partial charge in [-0.05, 0) is 37.1 Å². The number of hydrogen-bond acceptors (Lipinski definition) is 4. The van der Waals surface area contributed by atoms with Crippen molar-refractivity contribution in [2.75, 3.05) is 38.0 Å². The molecule has 2 fully saturated rings. The van der Waals surface area contributed by atoms with Crippen LogP contribution in [-0.2, 0) is 16.1 Å². The van der Waals surface area contributed by atoms with E-state index >= 15 is 0 Å². The molecular formula is C18H26N4O2. The molecular weight excluding hydrogens is 304 g/mol. The number of rotatable bonds is 4. The quantitative estimate of drug-likeness (QED) is 0.866. The van der Waals surface area contributed by atoms with Gasteiger partial charge in [0.1, 0.15) is 0 Å². The number of nitrogens with one attached hydrogen (secondary N) is 2. The molecule has 1 unspecified atom stereocenters. The molecule has 24 heavy (non-hydrogen) atoms. The Morgan fingerprint density at radius 2 is 1.88 bits per heavy atom. The normalized spacial score (nSPS) is 21.7. The van der Waals surface area contributed by atoms with E-state index in [9.17, 15) is 9.59 Å². The summed E-state index contributed by atoms with van der Waals surface area (Å²) in [4.78, 5) is 27.7. The van der Waals surface area contributed by atoms with E-state index in [1.807, 2.05) is 17.0 Å². The molecule has 0 aliphatic carbocycles. The van der Waals surface area contributed by atoms with Gasteiger partial charge in [0.05, 0.1) is 6.04 Å². The lowest BCUT2D eigenvalue weighted by Crippen LogP contribution is -2.47. The van der Waals surface area contributed by atoms with Crippen LogP contribution in [0.1, 0.15) is 25.3 Å². The van der Waals surface area contributed by atoms with Crippen molar-refractivity contribution >= 4 is 17.5 Å². The Morgan fingerprint density at radius 3 is 2.46 bits per heavy atom. The zero-order valence-electron chi connectivity index (χ0n) is 14.3. The van der Waals surface area contributed by atoms with Gasteiger partial charge >= 0.3 is 0 Å². The minimum Gasteiger partial charge on any atom is -0.340 e. The number of benzene rings is 1. The fraction of sp³-hybridized carbons (Fsp3) is 0.556. The first-order valence-corrected chi connectivity index (χ1v) is 8.73. The minimum absolute atomic E-state index is 0.0535. The zero-order valence-corrected chi connectivity index (χ0v) is 14.3. The van der Waals surface area contributed by atoms with E-state index in [2.05, 4.69) is 27.7 Å². The van der Waals surface area contributed by atoms with Crippen LogP contribution in [0.25, 0.3) is 0 Å². The van der Waals surface area contributed by atoms with E-state index < -0.39 is 0 Å². The lowest BCUT2D eigenvalue weighted by molar-refractivity contribution is -0.130. The van der Waals surface area contributed by atoms with E-state index in [1.54, 1.807) is 6.92 Å². The number of nitrogens with zero attached hydrogens (tertiary/aromatic N) is 2. The monoisotopic (exact) mass is 330 g/mol. The largest absolute Gasteiger partial charge is 0.340 e. The highest BCUT2D eigenvalue weighted by atomic mass is 16.2. The summed E-state index contributed by atoms with van der Waals surface area (Å²) in [6.45, 7) is 6.86. The van der Waals surface area contributed by atoms with Crippen molar-refractivity contribution in [3.63, 3.8) is 0 Å². The highest BCUT2D eigenvalue weighted by Crippen LogP contribution is 2.14. The van der Waals surface area contributed by atoms with Crippen LogP contribution >= 0.6 is 0 Å². The Balaban J connectivity index is 1.48. The molecule has 2 saturated heterocycles. The van der Waals surface area contributed by atoms with E-state index in [0.717, 1.165) is 57.8 Å². The second-order valence-corrected chi connectivity index (χ2v) is 6.62. The molecule has 0 aromatic heterocycles. The number of carbonyl (C=O) groups excluding carboxylic acids is 2. The Labute approximate surface area is 143 Å². The van der Waals surface area contributed by atoms with Crippen molar-refractivity contribution in [2.45, 2.75) is 32.4 Å². The average Bonchev–Trinajstić information content (AvgIpc) is 3.12. The molecule has 2 aliphatic rings. The van der Waals surface area contributed by atoms with E-state index in [4.69, 9.17) is 0 Å². The maximum absolute atomic E-state index is 12.1. The molecule has 2 N–H and O–H groups in total. The third kappa shape index (κ3) is 4.33. The molecule has 1 atom stereocenters. The van der Waals surface area contributed by atoms with Crippen LogP contribution in [0.3, 0.4) is 0 Å². The van der Waals surface area contributed by atoms with Crippen LogP contribution in [0.2, 0.25) is 0 Å². The molecule has 2 aliphatic heterocycles. The average molecular weight is 330 g/mol. The molecule has 1 aromatic rings. The van der Waals surface area contributed by atoms with Crippen molar-refractivity contribution in [3.05, 3.63) is 29.8 Å². The first-order valence-electron chi connectivity index (χ1n) is 8.73. The Hall–Kier alpha value is -1.92. The molecule has 2 amide bonds. The molecule has 1 aromatic carbocycles. The zero-order chi connectivity index (χ0) is 16.9. The third-order valence-corrected chi connectivity index (χ3v) is 4.82. The second kappa shape index (κ2) is 7.77. The van der Waals surface area contributed by atoms with Crippen LogP contribution in [0.5, 0.6) is 0 Å². The molecule has 6 heteroatoms. The van der Waals surface area contributed by atoms with Crippen molar-refractivity contribution in [2.24, 2.45) is 0 Å². The highest BCUT2D eigenvalue weighted by molar-refractivity contribution is 5.95. The van der Waals surface area contributed by atoms with Gasteiger partial charge in [-0.2, -0.15) is 0 Å².